The van der Waals surface area contributed by atoms with E-state index in [4.69, 9.17) is 0 Å². The Morgan fingerprint density at radius 2 is 2.18 bits per heavy atom. The first kappa shape index (κ1) is 11.9. The second-order valence-corrected chi connectivity index (χ2v) is 4.41. The summed E-state index contributed by atoms with van der Waals surface area (Å²) < 4.78 is 26.5. The zero-order valence-corrected chi connectivity index (χ0v) is 9.30. The van der Waals surface area contributed by atoms with Gasteiger partial charge in [-0.3, -0.25) is 10.1 Å². The van der Waals surface area contributed by atoms with E-state index in [9.17, 15) is 18.9 Å². The van der Waals surface area contributed by atoms with Gasteiger partial charge in [-0.15, -0.1) is 0 Å². The van der Waals surface area contributed by atoms with Gasteiger partial charge in [0.2, 0.25) is 5.82 Å². The van der Waals surface area contributed by atoms with Crippen LogP contribution in [0.4, 0.5) is 14.5 Å². The van der Waals surface area contributed by atoms with Crippen molar-refractivity contribution in [1.82, 2.24) is 5.32 Å². The highest BCUT2D eigenvalue weighted by molar-refractivity contribution is 5.40. The third-order valence-electron chi connectivity index (χ3n) is 3.21. The van der Waals surface area contributed by atoms with Crippen molar-refractivity contribution in [3.05, 3.63) is 39.4 Å². The highest BCUT2D eigenvalue weighted by atomic mass is 19.2. The number of hydrogen-bond acceptors (Lipinski definition) is 3. The summed E-state index contributed by atoms with van der Waals surface area (Å²) in [5.74, 6) is -2.58. The Balaban J connectivity index is 2.52. The van der Waals surface area contributed by atoms with Crippen LogP contribution in [0.25, 0.3) is 0 Å². The molecule has 0 saturated carbocycles. The number of nitro groups is 1. The van der Waals surface area contributed by atoms with Crippen molar-refractivity contribution >= 4 is 5.69 Å². The molecule has 1 unspecified atom stereocenters. The van der Waals surface area contributed by atoms with Crippen molar-refractivity contribution in [3.63, 3.8) is 0 Å². The van der Waals surface area contributed by atoms with Gasteiger partial charge < -0.3 is 5.32 Å². The van der Waals surface area contributed by atoms with Gasteiger partial charge >= 0.3 is 5.69 Å². The number of nitrogens with zero attached hydrogens (tertiary/aromatic N) is 1. The Morgan fingerprint density at radius 3 is 2.71 bits per heavy atom. The van der Waals surface area contributed by atoms with Crippen LogP contribution in [0.2, 0.25) is 0 Å². The van der Waals surface area contributed by atoms with E-state index in [2.05, 4.69) is 5.32 Å². The van der Waals surface area contributed by atoms with E-state index in [0.717, 1.165) is 31.5 Å². The Labute approximate surface area is 96.8 Å². The number of hydrogen-bond donors (Lipinski definition) is 1. The van der Waals surface area contributed by atoms with Crippen LogP contribution >= 0.6 is 0 Å². The summed E-state index contributed by atoms with van der Waals surface area (Å²) in [7, 11) is 0. The third kappa shape index (κ3) is 2.00. The van der Waals surface area contributed by atoms with Crippen molar-refractivity contribution in [3.8, 4) is 0 Å². The lowest BCUT2D eigenvalue weighted by Gasteiger charge is -2.24. The van der Waals surface area contributed by atoms with Gasteiger partial charge in [0.1, 0.15) is 0 Å². The molecule has 17 heavy (non-hydrogen) atoms. The largest absolute Gasteiger partial charge is 0.308 e. The number of benzene rings is 1. The Kier molecular flexibility index (Phi) is 2.82. The molecule has 1 aromatic rings. The van der Waals surface area contributed by atoms with Crippen LogP contribution in [-0.2, 0) is 5.54 Å². The molecule has 1 aromatic carbocycles. The standard InChI is InChI=1S/C11H12F2N2O2/c1-11(3-2-4-14-11)7-5-8(12)10(13)9(6-7)15(16)17/h5-6,14H,2-4H2,1H3. The zero-order chi connectivity index (χ0) is 12.6. The highest BCUT2D eigenvalue weighted by Crippen LogP contribution is 2.34. The Bertz CT molecular complexity index is 471. The van der Waals surface area contributed by atoms with Gasteiger partial charge in [0, 0.05) is 11.6 Å². The SMILES string of the molecule is CC1(c2cc(F)c(F)c([N+](=O)[O-])c2)CCCN1. The van der Waals surface area contributed by atoms with Gasteiger partial charge in [-0.25, -0.2) is 4.39 Å². The summed E-state index contributed by atoms with van der Waals surface area (Å²) >= 11 is 0. The maximum atomic E-state index is 13.3. The second-order valence-electron chi connectivity index (χ2n) is 4.41. The summed E-state index contributed by atoms with van der Waals surface area (Å²) in [5.41, 5.74) is -0.908. The fraction of sp³-hybridized carbons (Fsp3) is 0.455. The molecule has 0 amide bonds. The van der Waals surface area contributed by atoms with Crippen molar-refractivity contribution in [2.24, 2.45) is 0 Å². The number of rotatable bonds is 2. The summed E-state index contributed by atoms with van der Waals surface area (Å²) in [5, 5.41) is 13.8. The molecular formula is C11H12F2N2O2. The van der Waals surface area contributed by atoms with E-state index < -0.39 is 27.8 Å². The van der Waals surface area contributed by atoms with Crippen LogP contribution in [0.5, 0.6) is 0 Å². The van der Waals surface area contributed by atoms with Gasteiger partial charge in [-0.05, 0) is 37.9 Å². The minimum Gasteiger partial charge on any atom is -0.308 e. The lowest BCUT2D eigenvalue weighted by molar-refractivity contribution is -0.387. The lowest BCUT2D eigenvalue weighted by Crippen LogP contribution is -2.33. The minimum atomic E-state index is -1.40. The predicted molar refractivity (Wildman–Crippen MR) is 57.6 cm³/mol. The van der Waals surface area contributed by atoms with Crippen LogP contribution in [0.3, 0.4) is 0 Å². The molecule has 1 aliphatic rings. The molecule has 1 atom stereocenters. The number of nitro benzene ring substituents is 1. The van der Waals surface area contributed by atoms with E-state index in [-0.39, 0.29) is 0 Å². The molecule has 92 valence electrons. The molecule has 0 aromatic heterocycles. The van der Waals surface area contributed by atoms with E-state index >= 15 is 0 Å². The fourth-order valence-corrected chi connectivity index (χ4v) is 2.17. The predicted octanol–water partition coefficient (Wildman–Crippen LogP) is 2.47. The second kappa shape index (κ2) is 4.03. The number of nitrogens with one attached hydrogen (secondary N) is 1. The molecule has 1 fully saturated rings. The zero-order valence-electron chi connectivity index (χ0n) is 9.30. The van der Waals surface area contributed by atoms with Crippen LogP contribution in [0.15, 0.2) is 12.1 Å². The fourth-order valence-electron chi connectivity index (χ4n) is 2.17. The quantitative estimate of drug-likeness (QED) is 0.640. The molecule has 2 rings (SSSR count). The topological polar surface area (TPSA) is 55.2 Å². The van der Waals surface area contributed by atoms with Crippen molar-refractivity contribution in [1.29, 1.82) is 0 Å². The van der Waals surface area contributed by atoms with E-state index in [1.54, 1.807) is 0 Å². The molecule has 0 radical (unpaired) electrons. The minimum absolute atomic E-state index is 0.417. The first-order chi connectivity index (χ1) is 7.94. The molecule has 6 heteroatoms. The summed E-state index contributed by atoms with van der Waals surface area (Å²) in [4.78, 5) is 9.72. The van der Waals surface area contributed by atoms with Crippen LogP contribution in [-0.4, -0.2) is 11.5 Å². The highest BCUT2D eigenvalue weighted by Gasteiger charge is 2.33. The van der Waals surface area contributed by atoms with E-state index in [1.165, 1.54) is 0 Å². The van der Waals surface area contributed by atoms with Crippen molar-refractivity contribution < 1.29 is 13.7 Å². The molecule has 0 bridgehead atoms. The van der Waals surface area contributed by atoms with Crippen molar-refractivity contribution in [2.75, 3.05) is 6.54 Å². The summed E-state index contributed by atoms with van der Waals surface area (Å²) in [6.45, 7) is 2.60. The van der Waals surface area contributed by atoms with Crippen LogP contribution < -0.4 is 5.32 Å². The van der Waals surface area contributed by atoms with Gasteiger partial charge in [-0.1, -0.05) is 0 Å². The van der Waals surface area contributed by atoms with Crippen LogP contribution in [0, 0.1) is 21.7 Å². The summed E-state index contributed by atoms with van der Waals surface area (Å²) in [6, 6.07) is 2.14. The molecule has 1 saturated heterocycles. The average Bonchev–Trinajstić information content (AvgIpc) is 2.69. The Hall–Kier alpha value is -1.56. The van der Waals surface area contributed by atoms with Gasteiger partial charge in [0.15, 0.2) is 5.82 Å². The first-order valence-corrected chi connectivity index (χ1v) is 5.33. The molecule has 1 heterocycles. The van der Waals surface area contributed by atoms with E-state index in [0.29, 0.717) is 5.56 Å². The maximum Gasteiger partial charge on any atom is 0.308 e. The Morgan fingerprint density at radius 1 is 1.47 bits per heavy atom. The molecule has 0 spiro atoms. The average molecular weight is 242 g/mol. The molecular weight excluding hydrogens is 230 g/mol. The lowest BCUT2D eigenvalue weighted by atomic mass is 9.90. The third-order valence-corrected chi connectivity index (χ3v) is 3.21. The van der Waals surface area contributed by atoms with E-state index in [1.807, 2.05) is 6.92 Å². The first-order valence-electron chi connectivity index (χ1n) is 5.33. The summed E-state index contributed by atoms with van der Waals surface area (Å²) in [6.07, 6.45) is 1.65. The molecule has 1 N–H and O–H groups in total. The number of halogens is 2. The molecule has 4 nitrogen and oxygen atoms in total. The van der Waals surface area contributed by atoms with Gasteiger partial charge in [0.25, 0.3) is 0 Å². The van der Waals surface area contributed by atoms with Crippen LogP contribution in [0.1, 0.15) is 25.3 Å². The van der Waals surface area contributed by atoms with Crippen molar-refractivity contribution in [2.45, 2.75) is 25.3 Å². The normalized spacial score (nSPS) is 23.9. The smallest absolute Gasteiger partial charge is 0.308 e. The van der Waals surface area contributed by atoms with Gasteiger partial charge in [-0.2, -0.15) is 4.39 Å². The molecule has 1 aliphatic heterocycles. The molecule has 0 aliphatic carbocycles. The maximum absolute atomic E-state index is 13.3. The monoisotopic (exact) mass is 242 g/mol. The van der Waals surface area contributed by atoms with Gasteiger partial charge in [0.05, 0.1) is 4.92 Å².